The zero-order chi connectivity index (χ0) is 12.5. The van der Waals surface area contributed by atoms with E-state index in [4.69, 9.17) is 16.3 Å². The predicted molar refractivity (Wildman–Crippen MR) is 74.1 cm³/mol. The largest absolute Gasteiger partial charge is 0.492 e. The van der Waals surface area contributed by atoms with E-state index >= 15 is 0 Å². The Hall–Kier alpha value is -0.730. The van der Waals surface area contributed by atoms with Crippen LogP contribution in [0.5, 0.6) is 5.75 Å². The van der Waals surface area contributed by atoms with Gasteiger partial charge in [-0.15, -0.1) is 11.6 Å². The van der Waals surface area contributed by atoms with E-state index in [2.05, 4.69) is 30.9 Å². The van der Waals surface area contributed by atoms with Gasteiger partial charge >= 0.3 is 0 Å². The van der Waals surface area contributed by atoms with Crippen molar-refractivity contribution >= 4 is 11.6 Å². The molecule has 0 saturated carbocycles. The lowest BCUT2D eigenvalue weighted by Crippen LogP contribution is -2.30. The lowest BCUT2D eigenvalue weighted by molar-refractivity contribution is 0.223. The maximum absolute atomic E-state index is 5.74. The molecule has 0 heterocycles. The molecule has 0 radical (unpaired) electrons. The second kappa shape index (κ2) is 8.37. The van der Waals surface area contributed by atoms with Crippen LogP contribution in [0.25, 0.3) is 0 Å². The summed E-state index contributed by atoms with van der Waals surface area (Å²) in [4.78, 5) is 2.29. The highest BCUT2D eigenvalue weighted by molar-refractivity contribution is 6.18. The van der Waals surface area contributed by atoms with E-state index in [0.29, 0.717) is 5.88 Å². The summed E-state index contributed by atoms with van der Waals surface area (Å²) in [5.41, 5.74) is 1.32. The van der Waals surface area contributed by atoms with Gasteiger partial charge in [0.05, 0.1) is 0 Å². The summed E-state index contributed by atoms with van der Waals surface area (Å²) < 4.78 is 5.74. The summed E-state index contributed by atoms with van der Waals surface area (Å²) in [5, 5.41) is 0. The minimum Gasteiger partial charge on any atom is -0.492 e. The van der Waals surface area contributed by atoms with E-state index in [1.807, 2.05) is 12.1 Å². The molecule has 0 unspecified atom stereocenters. The highest BCUT2D eigenvalue weighted by Crippen LogP contribution is 2.13. The second-order valence-electron chi connectivity index (χ2n) is 3.97. The van der Waals surface area contributed by atoms with Crippen molar-refractivity contribution in [2.45, 2.75) is 20.3 Å². The smallest absolute Gasteiger partial charge is 0.119 e. The molecule has 17 heavy (non-hydrogen) atoms. The first kappa shape index (κ1) is 14.3. The third-order valence-corrected chi connectivity index (χ3v) is 3.00. The Bertz CT molecular complexity index is 317. The van der Waals surface area contributed by atoms with Gasteiger partial charge in [-0.25, -0.2) is 0 Å². The zero-order valence-electron chi connectivity index (χ0n) is 10.8. The van der Waals surface area contributed by atoms with Crippen molar-refractivity contribution in [3.8, 4) is 5.75 Å². The lowest BCUT2D eigenvalue weighted by Gasteiger charge is -2.19. The Morgan fingerprint density at radius 2 is 2.06 bits per heavy atom. The summed E-state index contributed by atoms with van der Waals surface area (Å²) in [7, 11) is 0. The number of halogens is 1. The van der Waals surface area contributed by atoms with Crippen LogP contribution in [0.4, 0.5) is 0 Å². The number of nitrogens with zero attached hydrogens (tertiary/aromatic N) is 1. The molecule has 1 aromatic rings. The molecule has 2 nitrogen and oxygen atoms in total. The second-order valence-corrected chi connectivity index (χ2v) is 4.35. The van der Waals surface area contributed by atoms with Gasteiger partial charge in [-0.3, -0.25) is 4.90 Å². The molecule has 0 N–H and O–H groups in total. The Labute approximate surface area is 110 Å². The van der Waals surface area contributed by atoms with Crippen molar-refractivity contribution in [3.05, 3.63) is 29.8 Å². The standard InChI is InChI=1S/C14H22ClNO/c1-3-13-6-5-7-14(12-13)17-11-10-16(4-2)9-8-15/h5-7,12H,3-4,8-11H2,1-2H3. The van der Waals surface area contributed by atoms with Crippen LogP contribution < -0.4 is 4.74 Å². The van der Waals surface area contributed by atoms with E-state index in [1.165, 1.54) is 5.56 Å². The van der Waals surface area contributed by atoms with Gasteiger partial charge in [-0.1, -0.05) is 26.0 Å². The number of ether oxygens (including phenoxy) is 1. The fraction of sp³-hybridized carbons (Fsp3) is 0.571. The molecule has 0 amide bonds. The molecule has 3 heteroatoms. The molecule has 0 aliphatic rings. The van der Waals surface area contributed by atoms with Gasteiger partial charge in [0.2, 0.25) is 0 Å². The molecule has 96 valence electrons. The Kier molecular flexibility index (Phi) is 7.06. The van der Waals surface area contributed by atoms with Crippen LogP contribution in [0.1, 0.15) is 19.4 Å². The molecule has 0 atom stereocenters. The monoisotopic (exact) mass is 255 g/mol. The van der Waals surface area contributed by atoms with Crippen LogP contribution in [-0.2, 0) is 6.42 Å². The van der Waals surface area contributed by atoms with Crippen LogP contribution in [0.2, 0.25) is 0 Å². The SMILES string of the molecule is CCc1cccc(OCCN(CC)CCCl)c1. The highest BCUT2D eigenvalue weighted by atomic mass is 35.5. The Balaban J connectivity index is 2.34. The first-order valence-corrected chi connectivity index (χ1v) is 6.83. The molecule has 0 spiro atoms. The summed E-state index contributed by atoms with van der Waals surface area (Å²) >= 11 is 5.73. The van der Waals surface area contributed by atoms with Gasteiger partial charge in [0, 0.05) is 19.0 Å². The summed E-state index contributed by atoms with van der Waals surface area (Å²) in [6.07, 6.45) is 1.05. The fourth-order valence-corrected chi connectivity index (χ4v) is 1.93. The number of hydrogen-bond acceptors (Lipinski definition) is 2. The van der Waals surface area contributed by atoms with Crippen LogP contribution in [-0.4, -0.2) is 37.0 Å². The van der Waals surface area contributed by atoms with Crippen molar-refractivity contribution in [2.24, 2.45) is 0 Å². The molecule has 0 saturated heterocycles. The van der Waals surface area contributed by atoms with E-state index in [0.717, 1.165) is 38.4 Å². The van der Waals surface area contributed by atoms with Gasteiger partial charge in [-0.05, 0) is 30.7 Å². The van der Waals surface area contributed by atoms with Crippen LogP contribution >= 0.6 is 11.6 Å². The molecular formula is C14H22ClNO. The van der Waals surface area contributed by atoms with E-state index < -0.39 is 0 Å². The highest BCUT2D eigenvalue weighted by Gasteiger charge is 2.01. The average Bonchev–Trinajstić information content (AvgIpc) is 2.38. The van der Waals surface area contributed by atoms with Gasteiger partial charge in [-0.2, -0.15) is 0 Å². The third-order valence-electron chi connectivity index (χ3n) is 2.83. The topological polar surface area (TPSA) is 12.5 Å². The number of alkyl halides is 1. The normalized spacial score (nSPS) is 10.8. The van der Waals surface area contributed by atoms with Gasteiger partial charge in [0.1, 0.15) is 12.4 Å². The van der Waals surface area contributed by atoms with Crippen molar-refractivity contribution in [2.75, 3.05) is 32.1 Å². The molecule has 0 fully saturated rings. The number of hydrogen-bond donors (Lipinski definition) is 0. The molecule has 0 aromatic heterocycles. The zero-order valence-corrected chi connectivity index (χ0v) is 11.5. The third kappa shape index (κ3) is 5.42. The first-order chi connectivity index (χ1) is 8.30. The number of likely N-dealkylation sites (N-methyl/N-ethyl adjacent to an activating group) is 1. The minimum atomic E-state index is 0.680. The van der Waals surface area contributed by atoms with E-state index in [1.54, 1.807) is 0 Å². The number of rotatable bonds is 8. The molecular weight excluding hydrogens is 234 g/mol. The minimum absolute atomic E-state index is 0.680. The summed E-state index contributed by atoms with van der Waals surface area (Å²) in [5.74, 6) is 1.64. The van der Waals surface area contributed by atoms with Crippen LogP contribution in [0, 0.1) is 0 Å². The van der Waals surface area contributed by atoms with Crippen LogP contribution in [0.15, 0.2) is 24.3 Å². The number of benzene rings is 1. The van der Waals surface area contributed by atoms with Gasteiger partial charge < -0.3 is 4.74 Å². The predicted octanol–water partition coefficient (Wildman–Crippen LogP) is 3.19. The maximum Gasteiger partial charge on any atom is 0.119 e. The molecule has 1 rings (SSSR count). The molecule has 0 bridgehead atoms. The molecule has 0 aliphatic heterocycles. The molecule has 0 aliphatic carbocycles. The quantitative estimate of drug-likeness (QED) is 0.662. The van der Waals surface area contributed by atoms with E-state index in [9.17, 15) is 0 Å². The van der Waals surface area contributed by atoms with Crippen molar-refractivity contribution in [1.82, 2.24) is 4.90 Å². The van der Waals surface area contributed by atoms with Gasteiger partial charge in [0.25, 0.3) is 0 Å². The maximum atomic E-state index is 5.74. The molecule has 1 aromatic carbocycles. The van der Waals surface area contributed by atoms with Crippen molar-refractivity contribution in [1.29, 1.82) is 0 Å². The summed E-state index contributed by atoms with van der Waals surface area (Å²) in [6, 6.07) is 8.29. The number of aryl methyl sites for hydroxylation is 1. The van der Waals surface area contributed by atoms with Crippen LogP contribution in [0.3, 0.4) is 0 Å². The van der Waals surface area contributed by atoms with E-state index in [-0.39, 0.29) is 0 Å². The first-order valence-electron chi connectivity index (χ1n) is 6.30. The fourth-order valence-electron chi connectivity index (χ4n) is 1.70. The lowest BCUT2D eigenvalue weighted by atomic mass is 10.2. The Morgan fingerprint density at radius 1 is 1.24 bits per heavy atom. The Morgan fingerprint density at radius 3 is 2.71 bits per heavy atom. The summed E-state index contributed by atoms with van der Waals surface area (Å²) in [6.45, 7) is 7.89. The van der Waals surface area contributed by atoms with Crippen molar-refractivity contribution in [3.63, 3.8) is 0 Å². The van der Waals surface area contributed by atoms with Gasteiger partial charge in [0.15, 0.2) is 0 Å². The average molecular weight is 256 g/mol. The van der Waals surface area contributed by atoms with Crippen molar-refractivity contribution < 1.29 is 4.74 Å².